The van der Waals surface area contributed by atoms with Crippen LogP contribution in [0.1, 0.15) is 71.1 Å². The second kappa shape index (κ2) is 5.38. The highest BCUT2D eigenvalue weighted by Crippen LogP contribution is 2.49. The second-order valence-corrected chi connectivity index (χ2v) is 7.62. The molecule has 1 spiro atoms. The van der Waals surface area contributed by atoms with Crippen molar-refractivity contribution >= 4 is 11.8 Å². The van der Waals surface area contributed by atoms with Gasteiger partial charge in [-0.05, 0) is 44.4 Å². The number of amides is 2. The van der Waals surface area contributed by atoms with Crippen molar-refractivity contribution in [2.24, 2.45) is 11.3 Å². The smallest absolute Gasteiger partial charge is 0.236 e. The van der Waals surface area contributed by atoms with Crippen LogP contribution in [0.25, 0.3) is 0 Å². The lowest BCUT2D eigenvalue weighted by molar-refractivity contribution is -0.153. The summed E-state index contributed by atoms with van der Waals surface area (Å²) in [5.41, 5.74) is -1.04. The average molecular weight is 293 g/mol. The van der Waals surface area contributed by atoms with Gasteiger partial charge in [-0.25, -0.2) is 0 Å². The van der Waals surface area contributed by atoms with E-state index in [0.717, 1.165) is 51.4 Å². The first-order valence-corrected chi connectivity index (χ1v) is 8.51. The topological polar surface area (TPSA) is 57.6 Å². The molecule has 2 amide bonds. The summed E-state index contributed by atoms with van der Waals surface area (Å²) in [6, 6.07) is 0. The molecule has 21 heavy (non-hydrogen) atoms. The summed E-state index contributed by atoms with van der Waals surface area (Å²) in [5.74, 6) is 0.613. The van der Waals surface area contributed by atoms with Gasteiger partial charge in [-0.3, -0.25) is 14.5 Å². The van der Waals surface area contributed by atoms with Crippen molar-refractivity contribution in [3.05, 3.63) is 0 Å². The van der Waals surface area contributed by atoms with Gasteiger partial charge >= 0.3 is 0 Å². The summed E-state index contributed by atoms with van der Waals surface area (Å²) >= 11 is 0. The molecule has 1 N–H and O–H groups in total. The summed E-state index contributed by atoms with van der Waals surface area (Å²) in [6.45, 7) is 2.13. The number of likely N-dealkylation sites (tertiary alicyclic amines) is 1. The first-order chi connectivity index (χ1) is 10.0. The maximum absolute atomic E-state index is 13.0. The standard InChI is InChI=1S/C17H27NO3/c1-13-5-9-17(12-19,10-6-13)18-14(20)11-16(15(18)21)7-3-2-4-8-16/h13,19H,2-12H2,1H3. The van der Waals surface area contributed by atoms with E-state index in [1.54, 1.807) is 0 Å². The van der Waals surface area contributed by atoms with Crippen molar-refractivity contribution in [1.29, 1.82) is 0 Å². The van der Waals surface area contributed by atoms with Gasteiger partial charge in [0.2, 0.25) is 11.8 Å². The molecule has 2 aliphatic carbocycles. The number of imide groups is 1. The molecule has 4 nitrogen and oxygen atoms in total. The molecule has 118 valence electrons. The molecule has 1 aliphatic heterocycles. The quantitative estimate of drug-likeness (QED) is 0.796. The van der Waals surface area contributed by atoms with Crippen LogP contribution in [-0.2, 0) is 9.59 Å². The SMILES string of the molecule is CC1CCC(CO)(N2C(=O)CC3(CCCCC3)C2=O)CC1. The number of rotatable bonds is 2. The number of carbonyl (C=O) groups excluding carboxylic acids is 2. The highest BCUT2D eigenvalue weighted by atomic mass is 16.3. The zero-order valence-electron chi connectivity index (χ0n) is 13.1. The Bertz CT molecular complexity index is 431. The van der Waals surface area contributed by atoms with E-state index >= 15 is 0 Å². The van der Waals surface area contributed by atoms with Gasteiger partial charge in [0.25, 0.3) is 0 Å². The fraction of sp³-hybridized carbons (Fsp3) is 0.882. The molecule has 0 aromatic rings. The van der Waals surface area contributed by atoms with Gasteiger partial charge in [0.15, 0.2) is 0 Å². The van der Waals surface area contributed by atoms with Gasteiger partial charge in [-0.15, -0.1) is 0 Å². The van der Waals surface area contributed by atoms with E-state index in [1.165, 1.54) is 11.3 Å². The predicted octanol–water partition coefficient (Wildman–Crippen LogP) is 2.64. The van der Waals surface area contributed by atoms with E-state index in [-0.39, 0.29) is 18.4 Å². The van der Waals surface area contributed by atoms with Crippen molar-refractivity contribution in [2.45, 2.75) is 76.7 Å². The fourth-order valence-corrected chi connectivity index (χ4v) is 4.65. The second-order valence-electron chi connectivity index (χ2n) is 7.62. The van der Waals surface area contributed by atoms with E-state index in [9.17, 15) is 14.7 Å². The van der Waals surface area contributed by atoms with Gasteiger partial charge in [-0.1, -0.05) is 26.2 Å². The molecule has 3 aliphatic rings. The molecule has 0 unspecified atom stereocenters. The molecule has 0 bridgehead atoms. The summed E-state index contributed by atoms with van der Waals surface area (Å²) in [7, 11) is 0. The van der Waals surface area contributed by atoms with Crippen LogP contribution >= 0.6 is 0 Å². The number of hydrogen-bond acceptors (Lipinski definition) is 3. The Morgan fingerprint density at radius 2 is 1.71 bits per heavy atom. The Kier molecular flexibility index (Phi) is 3.85. The van der Waals surface area contributed by atoms with E-state index in [0.29, 0.717) is 12.3 Å². The van der Waals surface area contributed by atoms with Crippen molar-refractivity contribution in [3.8, 4) is 0 Å². The van der Waals surface area contributed by atoms with Gasteiger partial charge in [0.1, 0.15) is 0 Å². The Balaban J connectivity index is 1.87. The van der Waals surface area contributed by atoms with E-state index < -0.39 is 11.0 Å². The van der Waals surface area contributed by atoms with Gasteiger partial charge < -0.3 is 5.11 Å². The highest BCUT2D eigenvalue weighted by Gasteiger charge is 2.57. The predicted molar refractivity (Wildman–Crippen MR) is 79.4 cm³/mol. The molecular weight excluding hydrogens is 266 g/mol. The number of aliphatic hydroxyl groups excluding tert-OH is 1. The highest BCUT2D eigenvalue weighted by molar-refractivity contribution is 6.06. The van der Waals surface area contributed by atoms with Crippen LogP contribution in [-0.4, -0.2) is 34.0 Å². The van der Waals surface area contributed by atoms with Gasteiger partial charge in [0.05, 0.1) is 17.6 Å². The number of hydrogen-bond donors (Lipinski definition) is 1. The molecule has 1 saturated heterocycles. The van der Waals surface area contributed by atoms with E-state index in [2.05, 4.69) is 6.92 Å². The summed E-state index contributed by atoms with van der Waals surface area (Å²) in [5, 5.41) is 9.96. The van der Waals surface area contributed by atoms with E-state index in [4.69, 9.17) is 0 Å². The molecule has 3 rings (SSSR count). The van der Waals surface area contributed by atoms with Crippen molar-refractivity contribution < 1.29 is 14.7 Å². The van der Waals surface area contributed by atoms with Crippen LogP contribution in [0.5, 0.6) is 0 Å². The van der Waals surface area contributed by atoms with Gasteiger partial charge in [0, 0.05) is 6.42 Å². The molecule has 0 aromatic carbocycles. The van der Waals surface area contributed by atoms with Crippen LogP contribution in [0.15, 0.2) is 0 Å². The van der Waals surface area contributed by atoms with Crippen molar-refractivity contribution in [3.63, 3.8) is 0 Å². The lowest BCUT2D eigenvalue weighted by Crippen LogP contribution is -2.57. The van der Waals surface area contributed by atoms with Crippen LogP contribution in [0.2, 0.25) is 0 Å². The van der Waals surface area contributed by atoms with Crippen LogP contribution in [0, 0.1) is 11.3 Å². The summed E-state index contributed by atoms with van der Waals surface area (Å²) < 4.78 is 0. The Morgan fingerprint density at radius 1 is 1.10 bits per heavy atom. The zero-order valence-corrected chi connectivity index (χ0v) is 13.1. The van der Waals surface area contributed by atoms with Crippen LogP contribution in [0.3, 0.4) is 0 Å². The maximum atomic E-state index is 13.0. The normalized spacial score (nSPS) is 36.5. The molecule has 1 heterocycles. The third-order valence-electron chi connectivity index (χ3n) is 6.18. The number of aliphatic hydroxyl groups is 1. The lowest BCUT2D eigenvalue weighted by Gasteiger charge is -2.44. The molecule has 3 fully saturated rings. The number of carbonyl (C=O) groups is 2. The fourth-order valence-electron chi connectivity index (χ4n) is 4.65. The van der Waals surface area contributed by atoms with Crippen molar-refractivity contribution in [1.82, 2.24) is 4.90 Å². The molecule has 0 atom stereocenters. The van der Waals surface area contributed by atoms with Crippen LogP contribution < -0.4 is 0 Å². The summed E-state index contributed by atoms with van der Waals surface area (Å²) in [6.07, 6.45) is 8.87. The number of nitrogens with zero attached hydrogens (tertiary/aromatic N) is 1. The average Bonchev–Trinajstić information content (AvgIpc) is 2.73. The molecular formula is C17H27NO3. The third-order valence-corrected chi connectivity index (χ3v) is 6.18. The van der Waals surface area contributed by atoms with Gasteiger partial charge in [-0.2, -0.15) is 0 Å². The first-order valence-electron chi connectivity index (χ1n) is 8.51. The first kappa shape index (κ1) is 15.0. The largest absolute Gasteiger partial charge is 0.394 e. The molecule has 0 radical (unpaired) electrons. The lowest BCUT2D eigenvalue weighted by atomic mass is 9.72. The summed E-state index contributed by atoms with van der Waals surface area (Å²) in [4.78, 5) is 27.1. The Labute approximate surface area is 126 Å². The zero-order chi connectivity index (χ0) is 15.1. The minimum Gasteiger partial charge on any atom is -0.394 e. The monoisotopic (exact) mass is 293 g/mol. The Hall–Kier alpha value is -0.900. The molecule has 4 heteroatoms. The maximum Gasteiger partial charge on any atom is 0.236 e. The molecule has 2 saturated carbocycles. The van der Waals surface area contributed by atoms with E-state index in [1.807, 2.05) is 0 Å². The molecule has 0 aromatic heterocycles. The minimum atomic E-state index is -0.610. The minimum absolute atomic E-state index is 0.0239. The van der Waals surface area contributed by atoms with Crippen molar-refractivity contribution in [2.75, 3.05) is 6.61 Å². The Morgan fingerprint density at radius 3 is 2.29 bits per heavy atom. The third kappa shape index (κ3) is 2.32. The van der Waals surface area contributed by atoms with Crippen LogP contribution in [0.4, 0.5) is 0 Å².